The average molecular weight is 435 g/mol. The molecule has 1 unspecified atom stereocenters. The van der Waals surface area contributed by atoms with Crippen LogP contribution in [-0.2, 0) is 13.5 Å². The van der Waals surface area contributed by atoms with Gasteiger partial charge in [0.2, 0.25) is 0 Å². The fraction of sp³-hybridized carbons (Fsp3) is 0.545. The van der Waals surface area contributed by atoms with Gasteiger partial charge in [-0.3, -0.25) is 9.67 Å². The summed E-state index contributed by atoms with van der Waals surface area (Å²) in [6.45, 7) is 6.17. The van der Waals surface area contributed by atoms with Crippen LogP contribution in [-0.4, -0.2) is 54.6 Å². The SMILES string of the molecule is CCNC(=NCCc1c(C)nn(C)c1C)NC1CCN(c2ccccc2OC(F)F)C1. The van der Waals surface area contributed by atoms with Crippen molar-refractivity contribution in [2.75, 3.05) is 31.1 Å². The third kappa shape index (κ3) is 5.86. The predicted octanol–water partition coefficient (Wildman–Crippen LogP) is 3.01. The maximum atomic E-state index is 12.7. The zero-order valence-electron chi connectivity index (χ0n) is 18.7. The number of nitrogens with zero attached hydrogens (tertiary/aromatic N) is 4. The minimum Gasteiger partial charge on any atom is -0.433 e. The molecule has 0 aliphatic carbocycles. The first-order valence-electron chi connectivity index (χ1n) is 10.7. The monoisotopic (exact) mass is 434 g/mol. The molecule has 31 heavy (non-hydrogen) atoms. The molecule has 7 nitrogen and oxygen atoms in total. The molecule has 0 saturated carbocycles. The van der Waals surface area contributed by atoms with E-state index in [1.165, 1.54) is 11.3 Å². The summed E-state index contributed by atoms with van der Waals surface area (Å²) in [5.74, 6) is 0.978. The first-order valence-corrected chi connectivity index (χ1v) is 10.7. The summed E-state index contributed by atoms with van der Waals surface area (Å²) in [6, 6.07) is 7.10. The van der Waals surface area contributed by atoms with Gasteiger partial charge in [0.15, 0.2) is 5.96 Å². The van der Waals surface area contributed by atoms with Crippen molar-refractivity contribution in [3.05, 3.63) is 41.2 Å². The van der Waals surface area contributed by atoms with E-state index in [1.54, 1.807) is 12.1 Å². The molecule has 1 fully saturated rings. The first kappa shape index (κ1) is 22.8. The maximum Gasteiger partial charge on any atom is 0.387 e. The van der Waals surface area contributed by atoms with Gasteiger partial charge in [0, 0.05) is 45.0 Å². The molecule has 2 heterocycles. The summed E-state index contributed by atoms with van der Waals surface area (Å²) < 4.78 is 32.1. The number of benzene rings is 1. The van der Waals surface area contributed by atoms with Gasteiger partial charge in [-0.15, -0.1) is 0 Å². The summed E-state index contributed by atoms with van der Waals surface area (Å²) in [5, 5.41) is 11.2. The second-order valence-corrected chi connectivity index (χ2v) is 7.71. The molecule has 3 rings (SSSR count). The highest BCUT2D eigenvalue weighted by atomic mass is 19.3. The Morgan fingerprint density at radius 1 is 1.32 bits per heavy atom. The zero-order chi connectivity index (χ0) is 22.4. The normalized spacial score (nSPS) is 16.8. The number of rotatable bonds is 8. The van der Waals surface area contributed by atoms with Gasteiger partial charge in [0.05, 0.1) is 11.4 Å². The fourth-order valence-corrected chi connectivity index (χ4v) is 3.98. The van der Waals surface area contributed by atoms with Gasteiger partial charge < -0.3 is 20.3 Å². The Hall–Kier alpha value is -2.84. The second kappa shape index (κ2) is 10.5. The molecule has 0 spiro atoms. The van der Waals surface area contributed by atoms with Gasteiger partial charge in [-0.2, -0.15) is 13.9 Å². The van der Waals surface area contributed by atoms with Crippen LogP contribution in [0.4, 0.5) is 14.5 Å². The topological polar surface area (TPSA) is 66.7 Å². The minimum atomic E-state index is -2.84. The lowest BCUT2D eigenvalue weighted by atomic mass is 10.1. The lowest BCUT2D eigenvalue weighted by Crippen LogP contribution is -2.44. The number of halogens is 2. The van der Waals surface area contributed by atoms with Gasteiger partial charge in [0.1, 0.15) is 5.75 Å². The van der Waals surface area contributed by atoms with E-state index >= 15 is 0 Å². The van der Waals surface area contributed by atoms with Crippen LogP contribution in [0.15, 0.2) is 29.3 Å². The van der Waals surface area contributed by atoms with E-state index in [1.807, 2.05) is 37.7 Å². The molecule has 0 bridgehead atoms. The van der Waals surface area contributed by atoms with Crippen molar-refractivity contribution in [2.24, 2.45) is 12.0 Å². The molecule has 9 heteroatoms. The molecule has 2 N–H and O–H groups in total. The molecule has 1 aromatic carbocycles. The smallest absolute Gasteiger partial charge is 0.387 e. The lowest BCUT2D eigenvalue weighted by Gasteiger charge is -2.22. The van der Waals surface area contributed by atoms with E-state index in [-0.39, 0.29) is 11.8 Å². The first-order chi connectivity index (χ1) is 14.9. The van der Waals surface area contributed by atoms with Crippen molar-refractivity contribution >= 4 is 11.6 Å². The number of aromatic nitrogens is 2. The van der Waals surface area contributed by atoms with Gasteiger partial charge in [0.25, 0.3) is 0 Å². The molecular weight excluding hydrogens is 402 g/mol. The number of hydrogen-bond donors (Lipinski definition) is 2. The Balaban J connectivity index is 1.60. The van der Waals surface area contributed by atoms with Crippen LogP contribution in [0.3, 0.4) is 0 Å². The lowest BCUT2D eigenvalue weighted by molar-refractivity contribution is -0.0495. The Morgan fingerprint density at radius 3 is 2.77 bits per heavy atom. The van der Waals surface area contributed by atoms with E-state index in [2.05, 4.69) is 27.6 Å². The maximum absolute atomic E-state index is 12.7. The average Bonchev–Trinajstić information content (AvgIpc) is 3.27. The molecule has 2 aromatic rings. The Bertz CT molecular complexity index is 898. The summed E-state index contributed by atoms with van der Waals surface area (Å²) >= 11 is 0. The number of para-hydroxylation sites is 2. The highest BCUT2D eigenvalue weighted by molar-refractivity contribution is 5.80. The number of anilines is 1. The molecular formula is C22H32F2N6O. The highest BCUT2D eigenvalue weighted by Crippen LogP contribution is 2.31. The van der Waals surface area contributed by atoms with E-state index in [0.29, 0.717) is 18.8 Å². The molecule has 1 aliphatic rings. The quantitative estimate of drug-likeness (QED) is 0.494. The highest BCUT2D eigenvalue weighted by Gasteiger charge is 2.26. The standard InChI is InChI=1S/C22H32F2N6O/c1-5-25-22(26-12-10-18-15(2)28-29(4)16(18)3)27-17-11-13-30(14-17)19-8-6-7-9-20(19)31-21(23)24/h6-9,17,21H,5,10-14H2,1-4H3,(H2,25,26,27). The second-order valence-electron chi connectivity index (χ2n) is 7.71. The zero-order valence-corrected chi connectivity index (χ0v) is 18.7. The summed E-state index contributed by atoms with van der Waals surface area (Å²) in [5.41, 5.74) is 4.15. The van der Waals surface area contributed by atoms with Crippen molar-refractivity contribution in [1.82, 2.24) is 20.4 Å². The van der Waals surface area contributed by atoms with E-state index in [9.17, 15) is 8.78 Å². The van der Waals surface area contributed by atoms with Crippen molar-refractivity contribution in [1.29, 1.82) is 0 Å². The summed E-state index contributed by atoms with van der Waals surface area (Å²) in [7, 11) is 1.96. The third-order valence-corrected chi connectivity index (χ3v) is 5.59. The number of aliphatic imine (C=N–C) groups is 1. The molecule has 0 radical (unpaired) electrons. The van der Waals surface area contributed by atoms with E-state index < -0.39 is 6.61 Å². The van der Waals surface area contributed by atoms with Crippen LogP contribution in [0.1, 0.15) is 30.3 Å². The predicted molar refractivity (Wildman–Crippen MR) is 119 cm³/mol. The molecule has 1 atom stereocenters. The number of aryl methyl sites for hydroxylation is 2. The van der Waals surface area contributed by atoms with Gasteiger partial charge in [-0.05, 0) is 51.3 Å². The van der Waals surface area contributed by atoms with Crippen LogP contribution in [0.5, 0.6) is 5.75 Å². The molecule has 0 amide bonds. The Kier molecular flexibility index (Phi) is 7.70. The van der Waals surface area contributed by atoms with Gasteiger partial charge >= 0.3 is 6.61 Å². The Labute approximate surface area is 182 Å². The number of alkyl halides is 2. The number of hydrogen-bond acceptors (Lipinski definition) is 4. The van der Waals surface area contributed by atoms with Crippen LogP contribution in [0.2, 0.25) is 0 Å². The fourth-order valence-electron chi connectivity index (χ4n) is 3.98. The number of nitrogens with one attached hydrogen (secondary N) is 2. The summed E-state index contributed by atoms with van der Waals surface area (Å²) in [6.07, 6.45) is 1.71. The number of ether oxygens (including phenoxy) is 1. The minimum absolute atomic E-state index is 0.166. The summed E-state index contributed by atoms with van der Waals surface area (Å²) in [4.78, 5) is 6.80. The Morgan fingerprint density at radius 2 is 2.10 bits per heavy atom. The third-order valence-electron chi connectivity index (χ3n) is 5.59. The van der Waals surface area contributed by atoms with Crippen molar-refractivity contribution in [2.45, 2.75) is 46.3 Å². The van der Waals surface area contributed by atoms with Crippen molar-refractivity contribution < 1.29 is 13.5 Å². The molecule has 1 saturated heterocycles. The number of guanidine groups is 1. The van der Waals surface area contributed by atoms with E-state index in [0.717, 1.165) is 37.6 Å². The van der Waals surface area contributed by atoms with Gasteiger partial charge in [-0.25, -0.2) is 0 Å². The van der Waals surface area contributed by atoms with Crippen molar-refractivity contribution in [3.8, 4) is 5.75 Å². The molecule has 1 aliphatic heterocycles. The van der Waals surface area contributed by atoms with E-state index in [4.69, 9.17) is 9.73 Å². The molecule has 170 valence electrons. The van der Waals surface area contributed by atoms with Gasteiger partial charge in [-0.1, -0.05) is 12.1 Å². The van der Waals surface area contributed by atoms with Crippen molar-refractivity contribution in [3.63, 3.8) is 0 Å². The van der Waals surface area contributed by atoms with Crippen LogP contribution < -0.4 is 20.3 Å². The van der Waals surface area contributed by atoms with Crippen LogP contribution in [0, 0.1) is 13.8 Å². The molecule has 1 aromatic heterocycles. The van der Waals surface area contributed by atoms with Crippen LogP contribution in [0.25, 0.3) is 0 Å². The largest absolute Gasteiger partial charge is 0.433 e. The van der Waals surface area contributed by atoms with Crippen LogP contribution >= 0.6 is 0 Å².